The first kappa shape index (κ1) is 17.7. The zero-order chi connectivity index (χ0) is 18.7. The molecule has 0 bridgehead atoms. The molecule has 1 aliphatic heterocycles. The second-order valence-electron chi connectivity index (χ2n) is 5.80. The van der Waals surface area contributed by atoms with Gasteiger partial charge in [0.2, 0.25) is 5.91 Å². The molecule has 136 valence electrons. The van der Waals surface area contributed by atoms with Crippen molar-refractivity contribution in [2.24, 2.45) is 0 Å². The summed E-state index contributed by atoms with van der Waals surface area (Å²) in [4.78, 5) is 24.2. The summed E-state index contributed by atoms with van der Waals surface area (Å²) in [6.07, 6.45) is 0. The lowest BCUT2D eigenvalue weighted by Gasteiger charge is -2.20. The molecule has 0 saturated carbocycles. The van der Waals surface area contributed by atoms with Gasteiger partial charge in [0.15, 0.2) is 0 Å². The number of carbonyl (C=O) groups excluding carboxylic acids is 2. The van der Waals surface area contributed by atoms with Crippen LogP contribution in [-0.4, -0.2) is 31.6 Å². The molecule has 2 aromatic carbocycles. The van der Waals surface area contributed by atoms with Gasteiger partial charge in [0, 0.05) is 35.8 Å². The molecule has 2 aromatic rings. The molecule has 0 radical (unpaired) electrons. The molecule has 0 aliphatic carbocycles. The van der Waals surface area contributed by atoms with Gasteiger partial charge in [-0.3, -0.25) is 4.79 Å². The van der Waals surface area contributed by atoms with Crippen molar-refractivity contribution in [3.63, 3.8) is 0 Å². The Morgan fingerprint density at radius 2 is 1.85 bits per heavy atom. The summed E-state index contributed by atoms with van der Waals surface area (Å²) >= 11 is 0. The van der Waals surface area contributed by atoms with E-state index >= 15 is 0 Å². The van der Waals surface area contributed by atoms with Crippen molar-refractivity contribution in [3.8, 4) is 5.75 Å². The quantitative estimate of drug-likeness (QED) is 0.782. The standard InChI is InChI=1S/C18H17F2N3O3/c1-26-11-7-13(19)15(14(20)8-11)12-9-21-17(24)16(12)23-18(25)22-10-5-3-2-4-6-10/h2-8,12,16H,9H2,1H3,(H,21,24)(H2,22,23,25)/t12?,16-/m1/s1. The number of hydrogen-bond donors (Lipinski definition) is 3. The molecule has 2 atom stereocenters. The van der Waals surface area contributed by atoms with E-state index in [-0.39, 0.29) is 17.9 Å². The van der Waals surface area contributed by atoms with E-state index in [9.17, 15) is 18.4 Å². The number of carbonyl (C=O) groups is 2. The number of ether oxygens (including phenoxy) is 1. The van der Waals surface area contributed by atoms with Crippen molar-refractivity contribution in [2.45, 2.75) is 12.0 Å². The van der Waals surface area contributed by atoms with Crippen LogP contribution >= 0.6 is 0 Å². The lowest BCUT2D eigenvalue weighted by atomic mass is 9.93. The summed E-state index contributed by atoms with van der Waals surface area (Å²) < 4.78 is 33.5. The minimum absolute atomic E-state index is 0.00921. The molecule has 1 saturated heterocycles. The Labute approximate surface area is 148 Å². The van der Waals surface area contributed by atoms with Crippen LogP contribution in [0, 0.1) is 11.6 Å². The highest BCUT2D eigenvalue weighted by molar-refractivity contribution is 5.95. The Balaban J connectivity index is 1.80. The highest BCUT2D eigenvalue weighted by Crippen LogP contribution is 2.31. The van der Waals surface area contributed by atoms with E-state index in [1.165, 1.54) is 7.11 Å². The van der Waals surface area contributed by atoms with Gasteiger partial charge in [0.1, 0.15) is 23.4 Å². The number of hydrogen-bond acceptors (Lipinski definition) is 3. The summed E-state index contributed by atoms with van der Waals surface area (Å²) in [5.74, 6) is -3.02. The van der Waals surface area contributed by atoms with Crippen LogP contribution in [0.4, 0.5) is 19.3 Å². The third kappa shape index (κ3) is 3.58. The maximum Gasteiger partial charge on any atom is 0.319 e. The number of para-hydroxylation sites is 1. The fourth-order valence-electron chi connectivity index (χ4n) is 2.92. The van der Waals surface area contributed by atoms with Gasteiger partial charge in [-0.2, -0.15) is 0 Å². The second kappa shape index (κ2) is 7.38. The number of amides is 3. The van der Waals surface area contributed by atoms with Gasteiger partial charge in [-0.05, 0) is 12.1 Å². The predicted molar refractivity (Wildman–Crippen MR) is 91.0 cm³/mol. The highest BCUT2D eigenvalue weighted by atomic mass is 19.1. The molecule has 26 heavy (non-hydrogen) atoms. The van der Waals surface area contributed by atoms with Crippen molar-refractivity contribution in [1.82, 2.24) is 10.6 Å². The number of anilines is 1. The molecule has 3 amide bonds. The van der Waals surface area contributed by atoms with Crippen LogP contribution in [0.25, 0.3) is 0 Å². The van der Waals surface area contributed by atoms with Crippen molar-refractivity contribution >= 4 is 17.6 Å². The topological polar surface area (TPSA) is 79.5 Å². The van der Waals surface area contributed by atoms with E-state index in [1.807, 2.05) is 0 Å². The third-order valence-electron chi connectivity index (χ3n) is 4.16. The van der Waals surface area contributed by atoms with E-state index in [0.717, 1.165) is 12.1 Å². The van der Waals surface area contributed by atoms with Gasteiger partial charge >= 0.3 is 6.03 Å². The first-order chi connectivity index (χ1) is 12.5. The molecule has 6 nitrogen and oxygen atoms in total. The number of rotatable bonds is 4. The average Bonchev–Trinajstić information content (AvgIpc) is 2.95. The molecule has 3 N–H and O–H groups in total. The number of halogens is 2. The molecule has 1 heterocycles. The third-order valence-corrected chi connectivity index (χ3v) is 4.16. The van der Waals surface area contributed by atoms with E-state index in [1.54, 1.807) is 30.3 Å². The smallest absolute Gasteiger partial charge is 0.319 e. The summed E-state index contributed by atoms with van der Waals surface area (Å²) in [5, 5.41) is 7.58. The van der Waals surface area contributed by atoms with Crippen LogP contribution in [0.3, 0.4) is 0 Å². The minimum Gasteiger partial charge on any atom is -0.497 e. The monoisotopic (exact) mass is 361 g/mol. The summed E-state index contributed by atoms with van der Waals surface area (Å²) in [7, 11) is 1.30. The van der Waals surface area contributed by atoms with Crippen molar-refractivity contribution in [1.29, 1.82) is 0 Å². The molecule has 3 rings (SSSR count). The van der Waals surface area contributed by atoms with Gasteiger partial charge in [-0.1, -0.05) is 18.2 Å². The van der Waals surface area contributed by atoms with Crippen LogP contribution in [0.15, 0.2) is 42.5 Å². The van der Waals surface area contributed by atoms with E-state index in [2.05, 4.69) is 16.0 Å². The van der Waals surface area contributed by atoms with Gasteiger partial charge in [0.25, 0.3) is 0 Å². The Bertz CT molecular complexity index is 807. The lowest BCUT2D eigenvalue weighted by molar-refractivity contribution is -0.120. The SMILES string of the molecule is COc1cc(F)c(C2CNC(=O)[C@@H]2NC(=O)Nc2ccccc2)c(F)c1. The van der Waals surface area contributed by atoms with Crippen molar-refractivity contribution < 1.29 is 23.1 Å². The zero-order valence-corrected chi connectivity index (χ0v) is 13.9. The first-order valence-corrected chi connectivity index (χ1v) is 7.93. The Morgan fingerprint density at radius 3 is 2.46 bits per heavy atom. The summed E-state index contributed by atoms with van der Waals surface area (Å²) in [6, 6.07) is 8.96. The van der Waals surface area contributed by atoms with E-state index in [4.69, 9.17) is 4.74 Å². The van der Waals surface area contributed by atoms with Crippen LogP contribution < -0.4 is 20.7 Å². The summed E-state index contributed by atoms with van der Waals surface area (Å²) in [6.45, 7) is 0.00921. The van der Waals surface area contributed by atoms with E-state index < -0.39 is 35.5 Å². The highest BCUT2D eigenvalue weighted by Gasteiger charge is 2.40. The maximum atomic E-state index is 14.3. The second-order valence-corrected chi connectivity index (χ2v) is 5.80. The molecule has 8 heteroatoms. The fourth-order valence-corrected chi connectivity index (χ4v) is 2.92. The lowest BCUT2D eigenvalue weighted by Crippen LogP contribution is -2.45. The maximum absolute atomic E-state index is 14.3. The summed E-state index contributed by atoms with van der Waals surface area (Å²) in [5.41, 5.74) is 0.260. The molecule has 1 fully saturated rings. The predicted octanol–water partition coefficient (Wildman–Crippen LogP) is 2.38. The molecule has 0 aromatic heterocycles. The molecular formula is C18H17F2N3O3. The van der Waals surface area contributed by atoms with Gasteiger partial charge < -0.3 is 20.7 Å². The normalized spacial score (nSPS) is 19.0. The van der Waals surface area contributed by atoms with Crippen molar-refractivity contribution in [2.75, 3.05) is 19.0 Å². The molecule has 0 spiro atoms. The van der Waals surface area contributed by atoms with Gasteiger partial charge in [-0.15, -0.1) is 0 Å². The Hall–Kier alpha value is -3.16. The fraction of sp³-hybridized carbons (Fsp3) is 0.222. The van der Waals surface area contributed by atoms with Crippen LogP contribution in [0.5, 0.6) is 5.75 Å². The molecule has 1 unspecified atom stereocenters. The average molecular weight is 361 g/mol. The molecule has 1 aliphatic rings. The van der Waals surface area contributed by atoms with Crippen LogP contribution in [0.2, 0.25) is 0 Å². The van der Waals surface area contributed by atoms with Crippen molar-refractivity contribution in [3.05, 3.63) is 59.7 Å². The molecular weight excluding hydrogens is 344 g/mol. The number of methoxy groups -OCH3 is 1. The first-order valence-electron chi connectivity index (χ1n) is 7.93. The minimum atomic E-state index is -1.10. The van der Waals surface area contributed by atoms with Crippen LogP contribution in [0.1, 0.15) is 11.5 Å². The largest absolute Gasteiger partial charge is 0.497 e. The van der Waals surface area contributed by atoms with E-state index in [0.29, 0.717) is 5.69 Å². The zero-order valence-electron chi connectivity index (χ0n) is 13.9. The Morgan fingerprint density at radius 1 is 1.19 bits per heavy atom. The number of benzene rings is 2. The number of nitrogens with one attached hydrogen (secondary N) is 3. The van der Waals surface area contributed by atoms with Crippen LogP contribution in [-0.2, 0) is 4.79 Å². The van der Waals surface area contributed by atoms with Gasteiger partial charge in [0.05, 0.1) is 7.11 Å². The Kier molecular flexibility index (Phi) is 5.01. The van der Waals surface area contributed by atoms with Gasteiger partial charge in [-0.25, -0.2) is 13.6 Å². The number of urea groups is 1.